The molecule has 1 aromatic rings. The first kappa shape index (κ1) is 23.1. The molecule has 0 bridgehead atoms. The lowest BCUT2D eigenvalue weighted by Crippen LogP contribution is -2.44. The Kier molecular flexibility index (Phi) is 8.45. The van der Waals surface area contributed by atoms with Crippen LogP contribution in [0.5, 0.6) is 0 Å². The van der Waals surface area contributed by atoms with Crippen LogP contribution >= 0.6 is 0 Å². The van der Waals surface area contributed by atoms with Crippen LogP contribution < -0.4 is 0 Å². The fourth-order valence-electron chi connectivity index (χ4n) is 3.72. The summed E-state index contributed by atoms with van der Waals surface area (Å²) in [5.41, 5.74) is 3.69. The molecule has 5 heteroatoms. The summed E-state index contributed by atoms with van der Waals surface area (Å²) >= 11 is 0. The van der Waals surface area contributed by atoms with Crippen LogP contribution in [0.4, 0.5) is 4.39 Å². The number of rotatable bonds is 7. The lowest BCUT2D eigenvalue weighted by atomic mass is 9.79. The number of nitrogens with zero attached hydrogens (tertiary/aromatic N) is 4. The molecule has 0 radical (unpaired) electrons. The van der Waals surface area contributed by atoms with E-state index < -0.39 is 0 Å². The molecule has 0 amide bonds. The van der Waals surface area contributed by atoms with Crippen LogP contribution in [0.2, 0.25) is 0 Å². The molecule has 2 aliphatic rings. The van der Waals surface area contributed by atoms with Crippen LogP contribution in [0.1, 0.15) is 37.8 Å². The van der Waals surface area contributed by atoms with Crippen LogP contribution in [0.25, 0.3) is 0 Å². The van der Waals surface area contributed by atoms with Gasteiger partial charge >= 0.3 is 0 Å². The molecule has 4 nitrogen and oxygen atoms in total. The third-order valence-electron chi connectivity index (χ3n) is 5.66. The summed E-state index contributed by atoms with van der Waals surface area (Å²) in [4.78, 5) is 11.2. The minimum Gasteiger partial charge on any atom is -0.366 e. The Bertz CT molecular complexity index is 747. The van der Waals surface area contributed by atoms with Crippen LogP contribution in [0.15, 0.2) is 47.2 Å². The van der Waals surface area contributed by atoms with Gasteiger partial charge in [-0.15, -0.1) is 0 Å². The Labute approximate surface area is 176 Å². The zero-order valence-electron chi connectivity index (χ0n) is 19.0. The highest BCUT2D eigenvalue weighted by Crippen LogP contribution is 2.33. The van der Waals surface area contributed by atoms with Crippen molar-refractivity contribution in [1.82, 2.24) is 14.7 Å². The van der Waals surface area contributed by atoms with Crippen LogP contribution in [-0.4, -0.2) is 61.3 Å². The van der Waals surface area contributed by atoms with Crippen molar-refractivity contribution in [3.8, 4) is 0 Å². The molecule has 1 aliphatic heterocycles. The highest BCUT2D eigenvalue weighted by molar-refractivity contribution is 5.60. The molecule has 160 valence electrons. The van der Waals surface area contributed by atoms with Gasteiger partial charge in [-0.25, -0.2) is 9.38 Å². The second kappa shape index (κ2) is 10.6. The van der Waals surface area contributed by atoms with E-state index in [1.54, 1.807) is 6.07 Å². The molecule has 1 aromatic carbocycles. The highest BCUT2D eigenvalue weighted by Gasteiger charge is 2.32. The van der Waals surface area contributed by atoms with Gasteiger partial charge in [0.1, 0.15) is 5.82 Å². The summed E-state index contributed by atoms with van der Waals surface area (Å²) in [5, 5.41) is 0. The molecule has 0 spiro atoms. The van der Waals surface area contributed by atoms with Gasteiger partial charge in [0.25, 0.3) is 0 Å². The van der Waals surface area contributed by atoms with Gasteiger partial charge in [0.15, 0.2) is 0 Å². The molecular weight excluding hydrogens is 363 g/mol. The van der Waals surface area contributed by atoms with E-state index in [0.717, 1.165) is 36.6 Å². The van der Waals surface area contributed by atoms with Crippen LogP contribution in [-0.2, 0) is 6.54 Å². The molecule has 0 atom stereocenters. The molecule has 3 rings (SSSR count). The van der Waals surface area contributed by atoms with E-state index in [2.05, 4.69) is 41.5 Å². The average Bonchev–Trinajstić information content (AvgIpc) is 2.67. The Balaban J connectivity index is 0.00000145. The third-order valence-corrected chi connectivity index (χ3v) is 5.66. The number of hydrogen-bond acceptors (Lipinski definition) is 4. The molecule has 0 aromatic heterocycles. The maximum atomic E-state index is 13.6. The zero-order valence-corrected chi connectivity index (χ0v) is 19.0. The Hall–Kier alpha value is -2.14. The number of aryl methyl sites for hydroxylation is 1. The van der Waals surface area contributed by atoms with E-state index in [-0.39, 0.29) is 5.82 Å². The highest BCUT2D eigenvalue weighted by atomic mass is 19.1. The fraction of sp³-hybridized carbons (Fsp3) is 0.542. The minimum absolute atomic E-state index is 0.153. The summed E-state index contributed by atoms with van der Waals surface area (Å²) in [7, 11) is 6.31. The van der Waals surface area contributed by atoms with Gasteiger partial charge in [-0.3, -0.25) is 0 Å². The molecule has 0 saturated heterocycles. The summed E-state index contributed by atoms with van der Waals surface area (Å²) in [6.07, 6.45) is 6.40. The summed E-state index contributed by atoms with van der Waals surface area (Å²) < 4.78 is 13.6. The van der Waals surface area contributed by atoms with Gasteiger partial charge in [-0.1, -0.05) is 32.6 Å². The quantitative estimate of drug-likeness (QED) is 0.664. The van der Waals surface area contributed by atoms with Gasteiger partial charge < -0.3 is 14.7 Å². The normalized spacial score (nSPS) is 20.6. The predicted molar refractivity (Wildman–Crippen MR) is 121 cm³/mol. The summed E-state index contributed by atoms with van der Waals surface area (Å²) in [6.45, 7) is 12.7. The van der Waals surface area contributed by atoms with Crippen molar-refractivity contribution in [2.45, 2.75) is 46.2 Å². The smallest absolute Gasteiger partial charge is 0.126 e. The molecule has 0 N–H and O–H groups in total. The number of aliphatic imine (C=N–C) groups is 1. The second-order valence-electron chi connectivity index (χ2n) is 8.14. The van der Waals surface area contributed by atoms with E-state index >= 15 is 0 Å². The number of halogens is 1. The average molecular weight is 401 g/mol. The summed E-state index contributed by atoms with van der Waals surface area (Å²) in [6, 6.07) is 6.05. The van der Waals surface area contributed by atoms with Crippen molar-refractivity contribution in [2.75, 3.05) is 34.2 Å². The van der Waals surface area contributed by atoms with Gasteiger partial charge in [0, 0.05) is 32.7 Å². The van der Waals surface area contributed by atoms with Crippen LogP contribution in [0, 0.1) is 18.7 Å². The van der Waals surface area contributed by atoms with Crippen molar-refractivity contribution in [2.24, 2.45) is 10.9 Å². The van der Waals surface area contributed by atoms with Crippen molar-refractivity contribution >= 4 is 6.34 Å². The molecule has 1 fully saturated rings. The van der Waals surface area contributed by atoms with Crippen LogP contribution in [0.3, 0.4) is 0 Å². The summed E-state index contributed by atoms with van der Waals surface area (Å²) in [5.74, 6) is 0.506. The van der Waals surface area contributed by atoms with Gasteiger partial charge in [0.2, 0.25) is 0 Å². The number of likely N-dealkylation sites (N-methyl/N-ethyl adjacent to an activating group) is 1. The standard InChI is InChI=1S/C22H31FN4.C2H6/c1-16-10-18(6-7-21(16)23)13-27(14-19-11-20(12-19)25(3)4)17(2)22-8-9-26(5)15-24-22;1-2/h6-8,10,15,19-20H,2,9,11-14H2,1,3-5H3;1-2H3. The molecular formula is C24H37FN4. The first-order valence-corrected chi connectivity index (χ1v) is 10.6. The lowest BCUT2D eigenvalue weighted by molar-refractivity contribution is 0.0967. The third kappa shape index (κ3) is 6.17. The first-order valence-electron chi connectivity index (χ1n) is 10.6. The van der Waals surface area contributed by atoms with E-state index in [1.807, 2.05) is 51.2 Å². The second-order valence-corrected chi connectivity index (χ2v) is 8.14. The predicted octanol–water partition coefficient (Wildman–Crippen LogP) is 4.67. The maximum Gasteiger partial charge on any atom is 0.126 e. The molecule has 1 aliphatic carbocycles. The molecule has 29 heavy (non-hydrogen) atoms. The first-order chi connectivity index (χ1) is 13.8. The SMILES string of the molecule is C=C(C1=CCN(C)C=N1)N(Cc1ccc(F)c(C)c1)CC1CC(N(C)C)C1.CC. The van der Waals surface area contributed by atoms with Crippen molar-refractivity contribution in [1.29, 1.82) is 0 Å². The number of hydrogen-bond donors (Lipinski definition) is 0. The Morgan fingerprint density at radius 3 is 2.52 bits per heavy atom. The van der Waals surface area contributed by atoms with Crippen molar-refractivity contribution in [3.05, 3.63) is 59.2 Å². The van der Waals surface area contributed by atoms with E-state index in [0.29, 0.717) is 17.5 Å². The fourth-order valence-corrected chi connectivity index (χ4v) is 3.72. The van der Waals surface area contributed by atoms with E-state index in [9.17, 15) is 4.39 Å². The van der Waals surface area contributed by atoms with E-state index in [4.69, 9.17) is 0 Å². The van der Waals surface area contributed by atoms with Crippen molar-refractivity contribution in [3.63, 3.8) is 0 Å². The minimum atomic E-state index is -0.153. The van der Waals surface area contributed by atoms with Crippen molar-refractivity contribution < 1.29 is 4.39 Å². The molecule has 1 saturated carbocycles. The largest absolute Gasteiger partial charge is 0.366 e. The number of benzene rings is 1. The monoisotopic (exact) mass is 400 g/mol. The maximum absolute atomic E-state index is 13.6. The Morgan fingerprint density at radius 1 is 1.28 bits per heavy atom. The Morgan fingerprint density at radius 2 is 1.97 bits per heavy atom. The van der Waals surface area contributed by atoms with Gasteiger partial charge in [0.05, 0.1) is 17.7 Å². The topological polar surface area (TPSA) is 22.1 Å². The molecule has 0 unspecified atom stereocenters. The van der Waals surface area contributed by atoms with Gasteiger partial charge in [-0.05, 0) is 63.0 Å². The zero-order chi connectivity index (χ0) is 21.6. The van der Waals surface area contributed by atoms with E-state index in [1.165, 1.54) is 12.8 Å². The molecule has 1 heterocycles. The lowest BCUT2D eigenvalue weighted by Gasteiger charge is -2.43. The van der Waals surface area contributed by atoms with Gasteiger partial charge in [-0.2, -0.15) is 0 Å².